The molecule has 6 nitrogen and oxygen atoms in total. The van der Waals surface area contributed by atoms with Crippen molar-refractivity contribution in [3.63, 3.8) is 0 Å². The molecule has 1 amide bonds. The van der Waals surface area contributed by atoms with Crippen molar-refractivity contribution in [2.45, 2.75) is 0 Å². The largest absolute Gasteiger partial charge is 0.497 e. The van der Waals surface area contributed by atoms with E-state index in [4.69, 9.17) is 9.47 Å². The van der Waals surface area contributed by atoms with Crippen LogP contribution in [0.15, 0.2) is 54.6 Å². The van der Waals surface area contributed by atoms with Crippen LogP contribution < -0.4 is 14.8 Å². The minimum absolute atomic E-state index is 0.268. The first-order valence-electron chi connectivity index (χ1n) is 7.35. The highest BCUT2D eigenvalue weighted by Crippen LogP contribution is 2.22. The van der Waals surface area contributed by atoms with Crippen LogP contribution in [0, 0.1) is 0 Å². The van der Waals surface area contributed by atoms with E-state index in [0.717, 1.165) is 11.3 Å². The molecule has 3 rings (SSSR count). The third-order valence-corrected chi connectivity index (χ3v) is 3.54. The van der Waals surface area contributed by atoms with Crippen LogP contribution in [0.5, 0.6) is 11.5 Å². The fourth-order valence-electron chi connectivity index (χ4n) is 2.25. The van der Waals surface area contributed by atoms with E-state index in [9.17, 15) is 4.79 Å². The molecule has 2 N–H and O–H groups in total. The minimum Gasteiger partial charge on any atom is -0.497 e. The Bertz CT molecular complexity index is 841. The van der Waals surface area contributed by atoms with Gasteiger partial charge in [0, 0.05) is 17.3 Å². The number of aromatic nitrogens is 2. The predicted molar refractivity (Wildman–Crippen MR) is 91.5 cm³/mol. The van der Waals surface area contributed by atoms with E-state index in [2.05, 4.69) is 15.5 Å². The topological polar surface area (TPSA) is 76.2 Å². The van der Waals surface area contributed by atoms with Crippen molar-refractivity contribution in [3.8, 4) is 22.8 Å². The van der Waals surface area contributed by atoms with Crippen molar-refractivity contribution in [1.29, 1.82) is 0 Å². The first kappa shape index (κ1) is 15.6. The molecule has 0 radical (unpaired) electrons. The van der Waals surface area contributed by atoms with E-state index in [1.54, 1.807) is 32.4 Å². The molecule has 0 saturated heterocycles. The molecule has 0 bridgehead atoms. The lowest BCUT2D eigenvalue weighted by atomic mass is 10.1. The Labute approximate surface area is 139 Å². The lowest BCUT2D eigenvalue weighted by Gasteiger charge is -2.05. The zero-order chi connectivity index (χ0) is 16.9. The molecule has 2 aromatic carbocycles. The molecule has 0 unspecified atom stereocenters. The van der Waals surface area contributed by atoms with Crippen LogP contribution >= 0.6 is 0 Å². The average Bonchev–Trinajstić information content (AvgIpc) is 3.12. The Morgan fingerprint density at radius 1 is 1.00 bits per heavy atom. The maximum Gasteiger partial charge on any atom is 0.273 e. The van der Waals surface area contributed by atoms with Crippen molar-refractivity contribution < 1.29 is 14.3 Å². The number of hydrogen-bond donors (Lipinski definition) is 2. The first-order valence-corrected chi connectivity index (χ1v) is 7.35. The van der Waals surface area contributed by atoms with Gasteiger partial charge in [0.1, 0.15) is 17.2 Å². The van der Waals surface area contributed by atoms with Gasteiger partial charge in [-0.3, -0.25) is 9.89 Å². The van der Waals surface area contributed by atoms with Gasteiger partial charge in [-0.1, -0.05) is 6.07 Å². The Morgan fingerprint density at radius 2 is 1.75 bits per heavy atom. The summed E-state index contributed by atoms with van der Waals surface area (Å²) >= 11 is 0. The number of nitrogens with zero attached hydrogens (tertiary/aromatic N) is 1. The number of hydrogen-bond acceptors (Lipinski definition) is 4. The Kier molecular flexibility index (Phi) is 4.47. The molecule has 0 aliphatic rings. The Morgan fingerprint density at radius 3 is 2.46 bits per heavy atom. The van der Waals surface area contributed by atoms with Crippen LogP contribution in [-0.2, 0) is 0 Å². The molecule has 1 aromatic heterocycles. The zero-order valence-electron chi connectivity index (χ0n) is 13.4. The van der Waals surface area contributed by atoms with E-state index in [0.29, 0.717) is 22.8 Å². The second-order valence-electron chi connectivity index (χ2n) is 5.08. The smallest absolute Gasteiger partial charge is 0.273 e. The van der Waals surface area contributed by atoms with Gasteiger partial charge in [0.2, 0.25) is 0 Å². The fourth-order valence-corrected chi connectivity index (χ4v) is 2.25. The summed E-state index contributed by atoms with van der Waals surface area (Å²) in [4.78, 5) is 12.3. The summed E-state index contributed by atoms with van der Waals surface area (Å²) in [5, 5.41) is 9.75. The summed E-state index contributed by atoms with van der Waals surface area (Å²) in [5.74, 6) is 1.18. The molecule has 6 heteroatoms. The number of aromatic amines is 1. The lowest BCUT2D eigenvalue weighted by Crippen LogP contribution is -2.12. The number of H-pyrrole nitrogens is 1. The number of carbonyl (C=O) groups excluding carboxylic acids is 1. The number of ether oxygens (including phenoxy) is 2. The Hall–Kier alpha value is -3.28. The second-order valence-corrected chi connectivity index (χ2v) is 5.08. The van der Waals surface area contributed by atoms with Gasteiger partial charge < -0.3 is 14.8 Å². The van der Waals surface area contributed by atoms with Crippen molar-refractivity contribution >= 4 is 11.6 Å². The fraction of sp³-hybridized carbons (Fsp3) is 0.111. The second kappa shape index (κ2) is 6.87. The van der Waals surface area contributed by atoms with Crippen LogP contribution in [0.2, 0.25) is 0 Å². The van der Waals surface area contributed by atoms with Crippen LogP contribution in [0.25, 0.3) is 11.3 Å². The highest BCUT2D eigenvalue weighted by Gasteiger charge is 2.11. The Balaban J connectivity index is 1.75. The number of rotatable bonds is 5. The van der Waals surface area contributed by atoms with Crippen LogP contribution in [0.1, 0.15) is 10.5 Å². The van der Waals surface area contributed by atoms with E-state index in [-0.39, 0.29) is 5.91 Å². The third-order valence-electron chi connectivity index (χ3n) is 3.54. The monoisotopic (exact) mass is 323 g/mol. The highest BCUT2D eigenvalue weighted by molar-refractivity contribution is 6.03. The lowest BCUT2D eigenvalue weighted by molar-refractivity contribution is 0.102. The molecular formula is C18H17N3O3. The van der Waals surface area contributed by atoms with Gasteiger partial charge >= 0.3 is 0 Å². The molecular weight excluding hydrogens is 306 g/mol. The highest BCUT2D eigenvalue weighted by atomic mass is 16.5. The molecule has 0 fully saturated rings. The van der Waals surface area contributed by atoms with Gasteiger partial charge in [-0.15, -0.1) is 0 Å². The van der Waals surface area contributed by atoms with Gasteiger partial charge in [0.05, 0.1) is 19.9 Å². The molecule has 24 heavy (non-hydrogen) atoms. The van der Waals surface area contributed by atoms with Gasteiger partial charge in [0.25, 0.3) is 5.91 Å². The number of methoxy groups -OCH3 is 2. The number of amides is 1. The quantitative estimate of drug-likeness (QED) is 0.755. The molecule has 1 heterocycles. The number of anilines is 1. The van der Waals surface area contributed by atoms with Gasteiger partial charge in [0.15, 0.2) is 0 Å². The van der Waals surface area contributed by atoms with E-state index >= 15 is 0 Å². The van der Waals surface area contributed by atoms with Crippen LogP contribution in [0.4, 0.5) is 5.69 Å². The maximum absolute atomic E-state index is 12.3. The van der Waals surface area contributed by atoms with E-state index < -0.39 is 0 Å². The summed E-state index contributed by atoms with van der Waals surface area (Å²) in [7, 11) is 3.20. The van der Waals surface area contributed by atoms with E-state index in [1.165, 1.54) is 0 Å². The SMILES string of the molecule is COc1ccc(-c2cc(C(=O)Nc3cccc(OC)c3)[nH]n2)cc1. The summed E-state index contributed by atoms with van der Waals surface area (Å²) in [5.41, 5.74) is 2.62. The summed E-state index contributed by atoms with van der Waals surface area (Å²) in [6.07, 6.45) is 0. The number of carbonyl (C=O) groups is 1. The summed E-state index contributed by atoms with van der Waals surface area (Å²) in [6.45, 7) is 0. The minimum atomic E-state index is -0.268. The van der Waals surface area contributed by atoms with Crippen LogP contribution in [-0.4, -0.2) is 30.3 Å². The van der Waals surface area contributed by atoms with Gasteiger partial charge in [-0.2, -0.15) is 5.10 Å². The molecule has 0 atom stereocenters. The molecule has 0 aliphatic heterocycles. The zero-order valence-corrected chi connectivity index (χ0v) is 13.4. The summed E-state index contributed by atoms with van der Waals surface area (Å²) < 4.78 is 10.3. The van der Waals surface area contributed by atoms with Crippen molar-refractivity contribution in [2.24, 2.45) is 0 Å². The predicted octanol–water partition coefficient (Wildman–Crippen LogP) is 3.35. The average molecular weight is 323 g/mol. The maximum atomic E-state index is 12.3. The normalized spacial score (nSPS) is 10.2. The molecule has 0 aliphatic carbocycles. The van der Waals surface area contributed by atoms with Crippen molar-refractivity contribution in [1.82, 2.24) is 10.2 Å². The molecule has 3 aromatic rings. The third kappa shape index (κ3) is 3.38. The van der Waals surface area contributed by atoms with Crippen LogP contribution in [0.3, 0.4) is 0 Å². The van der Waals surface area contributed by atoms with Gasteiger partial charge in [-0.25, -0.2) is 0 Å². The summed E-state index contributed by atoms with van der Waals surface area (Å²) in [6, 6.07) is 16.3. The molecule has 0 spiro atoms. The van der Waals surface area contributed by atoms with E-state index in [1.807, 2.05) is 36.4 Å². The standard InChI is InChI=1S/C18H17N3O3/c1-23-14-8-6-12(7-9-14)16-11-17(21-20-16)18(22)19-13-4-3-5-15(10-13)24-2/h3-11H,1-2H3,(H,19,22)(H,20,21). The van der Waals surface area contributed by atoms with Crippen molar-refractivity contribution in [2.75, 3.05) is 19.5 Å². The number of nitrogens with one attached hydrogen (secondary N) is 2. The van der Waals surface area contributed by atoms with Gasteiger partial charge in [-0.05, 0) is 42.5 Å². The van der Waals surface area contributed by atoms with Crippen molar-refractivity contribution in [3.05, 3.63) is 60.3 Å². The molecule has 0 saturated carbocycles. The first-order chi connectivity index (χ1) is 11.7. The molecule has 122 valence electrons. The number of benzene rings is 2.